The number of likely N-dealkylation sites (N-methyl/N-ethyl adjacent to an activating group) is 1. The summed E-state index contributed by atoms with van der Waals surface area (Å²) < 4.78 is 5.83. The van der Waals surface area contributed by atoms with Crippen molar-refractivity contribution in [2.24, 2.45) is 0 Å². The lowest BCUT2D eigenvalue weighted by atomic mass is 9.90. The Morgan fingerprint density at radius 3 is 3.43 bits per heavy atom. The van der Waals surface area contributed by atoms with Crippen LogP contribution in [-0.4, -0.2) is 36.1 Å². The molecular weight excluding hydrogens is 176 g/mol. The Morgan fingerprint density at radius 1 is 1.57 bits per heavy atom. The predicted molar refractivity (Wildman–Crippen MR) is 53.5 cm³/mol. The first-order valence-electron chi connectivity index (χ1n) is 5.15. The van der Waals surface area contributed by atoms with Crippen molar-refractivity contribution in [1.29, 1.82) is 0 Å². The molecule has 3 rings (SSSR count). The molecule has 0 amide bonds. The molecule has 0 radical (unpaired) electrons. The zero-order chi connectivity index (χ0) is 9.54. The number of aromatic nitrogens is 1. The van der Waals surface area contributed by atoms with Gasteiger partial charge in [-0.1, -0.05) is 6.07 Å². The van der Waals surface area contributed by atoms with Crippen molar-refractivity contribution in [3.8, 4) is 5.88 Å². The molecule has 0 bridgehead atoms. The standard InChI is InChI=1S/C11H14N2O/c1-13-6-4-8-9-3-2-5-12-11(9)14-10(8)7-13/h2-3,5,8,10H,4,6-7H2,1H3/t8-,10-/m1/s1. The number of fused-ring (bicyclic) bond motifs is 3. The van der Waals surface area contributed by atoms with Gasteiger partial charge in [-0.25, -0.2) is 4.98 Å². The van der Waals surface area contributed by atoms with Gasteiger partial charge in [0, 0.05) is 24.2 Å². The molecule has 1 aromatic heterocycles. The van der Waals surface area contributed by atoms with Crippen molar-refractivity contribution < 1.29 is 4.74 Å². The lowest BCUT2D eigenvalue weighted by Crippen LogP contribution is -2.40. The van der Waals surface area contributed by atoms with Crippen molar-refractivity contribution in [3.05, 3.63) is 23.9 Å². The lowest BCUT2D eigenvalue weighted by molar-refractivity contribution is 0.106. The van der Waals surface area contributed by atoms with Gasteiger partial charge in [0.1, 0.15) is 6.10 Å². The summed E-state index contributed by atoms with van der Waals surface area (Å²) in [5, 5.41) is 0. The fraction of sp³-hybridized carbons (Fsp3) is 0.545. The van der Waals surface area contributed by atoms with Crippen molar-refractivity contribution in [3.63, 3.8) is 0 Å². The zero-order valence-corrected chi connectivity index (χ0v) is 8.31. The maximum atomic E-state index is 5.83. The minimum Gasteiger partial charge on any atom is -0.472 e. The fourth-order valence-electron chi connectivity index (χ4n) is 2.47. The normalized spacial score (nSPS) is 30.6. The highest BCUT2D eigenvalue weighted by Crippen LogP contribution is 2.40. The van der Waals surface area contributed by atoms with Gasteiger partial charge in [-0.2, -0.15) is 0 Å². The number of hydrogen-bond donors (Lipinski definition) is 0. The second-order valence-corrected chi connectivity index (χ2v) is 4.21. The van der Waals surface area contributed by atoms with Crippen LogP contribution in [-0.2, 0) is 0 Å². The second kappa shape index (κ2) is 2.95. The highest BCUT2D eigenvalue weighted by Gasteiger charge is 2.38. The Bertz CT molecular complexity index is 353. The van der Waals surface area contributed by atoms with Crippen molar-refractivity contribution >= 4 is 0 Å². The molecule has 0 saturated carbocycles. The molecule has 1 aromatic rings. The third-order valence-corrected chi connectivity index (χ3v) is 3.23. The molecule has 0 spiro atoms. The Hall–Kier alpha value is -1.09. The van der Waals surface area contributed by atoms with Crippen LogP contribution in [0.1, 0.15) is 17.9 Å². The van der Waals surface area contributed by atoms with E-state index in [1.165, 1.54) is 18.5 Å². The van der Waals surface area contributed by atoms with E-state index in [2.05, 4.69) is 23.0 Å². The molecule has 14 heavy (non-hydrogen) atoms. The van der Waals surface area contributed by atoms with Crippen molar-refractivity contribution in [2.75, 3.05) is 20.1 Å². The second-order valence-electron chi connectivity index (χ2n) is 4.21. The molecule has 1 saturated heterocycles. The summed E-state index contributed by atoms with van der Waals surface area (Å²) in [6.07, 6.45) is 3.33. The van der Waals surface area contributed by atoms with Crippen LogP contribution in [0, 0.1) is 0 Å². The number of nitrogens with zero attached hydrogens (tertiary/aromatic N) is 2. The van der Waals surface area contributed by atoms with Gasteiger partial charge in [0.15, 0.2) is 0 Å². The summed E-state index contributed by atoms with van der Waals surface area (Å²) in [7, 11) is 2.15. The highest BCUT2D eigenvalue weighted by atomic mass is 16.5. The van der Waals surface area contributed by atoms with Gasteiger partial charge in [0.2, 0.25) is 5.88 Å². The van der Waals surface area contributed by atoms with E-state index in [-0.39, 0.29) is 0 Å². The van der Waals surface area contributed by atoms with Crippen LogP contribution in [0.25, 0.3) is 0 Å². The molecule has 74 valence electrons. The van der Waals surface area contributed by atoms with Gasteiger partial charge in [0.25, 0.3) is 0 Å². The first-order chi connectivity index (χ1) is 6.84. The number of rotatable bonds is 0. The van der Waals surface area contributed by atoms with Crippen LogP contribution in [0.2, 0.25) is 0 Å². The van der Waals surface area contributed by atoms with Gasteiger partial charge in [0.05, 0.1) is 0 Å². The quantitative estimate of drug-likeness (QED) is 0.616. The maximum absolute atomic E-state index is 5.83. The zero-order valence-electron chi connectivity index (χ0n) is 8.31. The van der Waals surface area contributed by atoms with Crippen molar-refractivity contribution in [2.45, 2.75) is 18.4 Å². The van der Waals surface area contributed by atoms with E-state index in [1.807, 2.05) is 6.07 Å². The van der Waals surface area contributed by atoms with Crippen LogP contribution in [0.3, 0.4) is 0 Å². The van der Waals surface area contributed by atoms with Crippen LogP contribution in [0.5, 0.6) is 5.88 Å². The average molecular weight is 190 g/mol. The molecule has 2 atom stereocenters. The van der Waals surface area contributed by atoms with Crippen molar-refractivity contribution in [1.82, 2.24) is 9.88 Å². The number of pyridine rings is 1. The van der Waals surface area contributed by atoms with E-state index in [9.17, 15) is 0 Å². The van der Waals surface area contributed by atoms with E-state index in [0.717, 1.165) is 12.4 Å². The van der Waals surface area contributed by atoms with Crippen LogP contribution in [0.15, 0.2) is 18.3 Å². The Labute approximate surface area is 83.7 Å². The summed E-state index contributed by atoms with van der Waals surface area (Å²) in [5.74, 6) is 1.44. The molecular formula is C11H14N2O. The van der Waals surface area contributed by atoms with E-state index in [4.69, 9.17) is 4.74 Å². The largest absolute Gasteiger partial charge is 0.472 e. The van der Waals surface area contributed by atoms with Crippen LogP contribution < -0.4 is 4.74 Å². The van der Waals surface area contributed by atoms with E-state index in [0.29, 0.717) is 12.0 Å². The first-order valence-corrected chi connectivity index (χ1v) is 5.15. The Morgan fingerprint density at radius 2 is 2.50 bits per heavy atom. The number of likely N-dealkylation sites (tertiary alicyclic amines) is 1. The fourth-order valence-corrected chi connectivity index (χ4v) is 2.47. The van der Waals surface area contributed by atoms with E-state index in [1.54, 1.807) is 6.20 Å². The van der Waals surface area contributed by atoms with Gasteiger partial charge >= 0.3 is 0 Å². The average Bonchev–Trinajstić information content (AvgIpc) is 2.54. The lowest BCUT2D eigenvalue weighted by Gasteiger charge is -2.31. The highest BCUT2D eigenvalue weighted by molar-refractivity contribution is 5.35. The summed E-state index contributed by atoms with van der Waals surface area (Å²) in [6.45, 7) is 2.19. The number of hydrogen-bond acceptors (Lipinski definition) is 3. The minimum absolute atomic E-state index is 0.332. The van der Waals surface area contributed by atoms with Gasteiger partial charge < -0.3 is 9.64 Å². The Balaban J connectivity index is 1.94. The van der Waals surface area contributed by atoms with Gasteiger partial charge in [-0.15, -0.1) is 0 Å². The summed E-state index contributed by atoms with van der Waals surface area (Å²) >= 11 is 0. The summed E-state index contributed by atoms with van der Waals surface area (Å²) in [5.41, 5.74) is 1.31. The summed E-state index contributed by atoms with van der Waals surface area (Å²) in [4.78, 5) is 6.59. The number of piperidine rings is 1. The third kappa shape index (κ3) is 1.12. The molecule has 0 aliphatic carbocycles. The van der Waals surface area contributed by atoms with Gasteiger partial charge in [-0.05, 0) is 26.1 Å². The van der Waals surface area contributed by atoms with Gasteiger partial charge in [-0.3, -0.25) is 0 Å². The summed E-state index contributed by atoms with van der Waals surface area (Å²) in [6, 6.07) is 4.15. The third-order valence-electron chi connectivity index (χ3n) is 3.23. The van der Waals surface area contributed by atoms with Crippen LogP contribution in [0.4, 0.5) is 0 Å². The molecule has 3 heteroatoms. The SMILES string of the molecule is CN1CC[C@@H]2c3cccnc3O[C@@H]2C1. The predicted octanol–water partition coefficient (Wildman–Crippen LogP) is 1.26. The molecule has 0 aromatic carbocycles. The maximum Gasteiger partial charge on any atom is 0.217 e. The monoisotopic (exact) mass is 190 g/mol. The molecule has 0 N–H and O–H groups in total. The molecule has 0 unspecified atom stereocenters. The molecule has 2 aliphatic rings. The Kier molecular flexibility index (Phi) is 1.74. The van der Waals surface area contributed by atoms with Crippen LogP contribution >= 0.6 is 0 Å². The first kappa shape index (κ1) is 8.24. The smallest absolute Gasteiger partial charge is 0.217 e. The molecule has 1 fully saturated rings. The molecule has 3 heterocycles. The molecule has 2 aliphatic heterocycles. The topological polar surface area (TPSA) is 25.4 Å². The molecule has 3 nitrogen and oxygen atoms in total. The minimum atomic E-state index is 0.332. The van der Waals surface area contributed by atoms with E-state index < -0.39 is 0 Å². The number of ether oxygens (including phenoxy) is 1. The van der Waals surface area contributed by atoms with E-state index >= 15 is 0 Å².